The molecule has 0 aliphatic heterocycles. The van der Waals surface area contributed by atoms with E-state index in [0.29, 0.717) is 4.47 Å². The minimum absolute atomic E-state index is 0.000589. The predicted molar refractivity (Wildman–Crippen MR) is 70.4 cm³/mol. The first-order valence-electron chi connectivity index (χ1n) is 5.73. The van der Waals surface area contributed by atoms with Crippen LogP contribution in [0.15, 0.2) is 22.7 Å². The van der Waals surface area contributed by atoms with E-state index < -0.39 is 23.9 Å². The minimum atomic E-state index is -1.08. The van der Waals surface area contributed by atoms with Crippen LogP contribution in [-0.4, -0.2) is 23.1 Å². The van der Waals surface area contributed by atoms with Crippen molar-refractivity contribution in [1.29, 1.82) is 0 Å². The molecule has 0 aromatic heterocycles. The van der Waals surface area contributed by atoms with Crippen molar-refractivity contribution in [3.63, 3.8) is 0 Å². The van der Waals surface area contributed by atoms with E-state index in [0.717, 1.165) is 12.8 Å². The lowest BCUT2D eigenvalue weighted by molar-refractivity contribution is -0.139. The summed E-state index contributed by atoms with van der Waals surface area (Å²) in [6.45, 7) is 0. The molecule has 2 rings (SSSR count). The quantitative estimate of drug-likeness (QED) is 0.793. The van der Waals surface area contributed by atoms with Crippen molar-refractivity contribution in [1.82, 2.24) is 5.32 Å². The summed E-state index contributed by atoms with van der Waals surface area (Å²) in [7, 11) is 0. The molecule has 0 spiro atoms. The summed E-state index contributed by atoms with van der Waals surface area (Å²) in [5.41, 5.74) is 0.000589. The first-order valence-corrected chi connectivity index (χ1v) is 6.52. The van der Waals surface area contributed by atoms with Crippen molar-refractivity contribution in [3.05, 3.63) is 28.5 Å². The molecule has 0 saturated heterocycles. The van der Waals surface area contributed by atoms with Crippen LogP contribution in [0.25, 0.3) is 0 Å². The van der Waals surface area contributed by atoms with Crippen LogP contribution >= 0.6 is 15.9 Å². The van der Waals surface area contributed by atoms with E-state index in [4.69, 9.17) is 5.11 Å². The number of hydrogen-bond donors (Lipinski definition) is 3. The lowest BCUT2D eigenvalue weighted by atomic mass is 10.2. The number of halogens is 2. The largest absolute Gasteiger partial charge is 0.480 e. The smallest absolute Gasteiger partial charge is 0.326 e. The van der Waals surface area contributed by atoms with Crippen molar-refractivity contribution < 1.29 is 19.1 Å². The van der Waals surface area contributed by atoms with Gasteiger partial charge in [0.05, 0.1) is 5.69 Å². The Labute approximate surface area is 117 Å². The van der Waals surface area contributed by atoms with E-state index >= 15 is 0 Å². The number of carbonyl (C=O) groups is 2. The van der Waals surface area contributed by atoms with Gasteiger partial charge in [-0.25, -0.2) is 14.0 Å². The maximum Gasteiger partial charge on any atom is 0.326 e. The van der Waals surface area contributed by atoms with Gasteiger partial charge in [0, 0.05) is 4.47 Å². The molecule has 7 heteroatoms. The number of benzene rings is 1. The Hall–Kier alpha value is -1.63. The summed E-state index contributed by atoms with van der Waals surface area (Å²) in [5, 5.41) is 13.6. The highest BCUT2D eigenvalue weighted by Crippen LogP contribution is 2.32. The van der Waals surface area contributed by atoms with Crippen molar-refractivity contribution in [2.24, 2.45) is 5.92 Å². The molecule has 0 bridgehead atoms. The number of carbonyl (C=O) groups excluding carboxylic acids is 1. The topological polar surface area (TPSA) is 78.4 Å². The summed E-state index contributed by atoms with van der Waals surface area (Å²) in [6.07, 6.45) is 1.56. The Balaban J connectivity index is 1.98. The third-order valence-corrected chi connectivity index (χ3v) is 3.32. The number of nitrogens with one attached hydrogen (secondary N) is 2. The monoisotopic (exact) mass is 330 g/mol. The maximum atomic E-state index is 13.5. The van der Waals surface area contributed by atoms with E-state index in [9.17, 15) is 14.0 Å². The molecule has 5 nitrogen and oxygen atoms in total. The van der Waals surface area contributed by atoms with Gasteiger partial charge in [0.1, 0.15) is 11.9 Å². The van der Waals surface area contributed by atoms with Gasteiger partial charge in [-0.05, 0) is 37.0 Å². The Morgan fingerprint density at radius 1 is 1.42 bits per heavy atom. The summed E-state index contributed by atoms with van der Waals surface area (Å²) in [6, 6.07) is 2.55. The second kappa shape index (κ2) is 5.56. The van der Waals surface area contributed by atoms with Crippen molar-refractivity contribution in [3.8, 4) is 0 Å². The van der Waals surface area contributed by atoms with E-state index in [1.807, 2.05) is 0 Å². The van der Waals surface area contributed by atoms with Gasteiger partial charge in [-0.3, -0.25) is 0 Å². The second-order valence-electron chi connectivity index (χ2n) is 4.38. The normalized spacial score (nSPS) is 15.7. The number of carboxylic acid groups (broad SMARTS) is 1. The van der Waals surface area contributed by atoms with E-state index in [1.165, 1.54) is 12.1 Å². The lowest BCUT2D eigenvalue weighted by Gasteiger charge is -2.14. The molecule has 1 fully saturated rings. The Morgan fingerprint density at radius 3 is 2.63 bits per heavy atom. The number of aliphatic carboxylic acids is 1. The van der Waals surface area contributed by atoms with Gasteiger partial charge in [0.15, 0.2) is 0 Å². The zero-order chi connectivity index (χ0) is 14.0. The fourth-order valence-electron chi connectivity index (χ4n) is 1.70. The molecule has 2 amide bonds. The molecule has 1 atom stereocenters. The summed E-state index contributed by atoms with van der Waals surface area (Å²) >= 11 is 3.10. The number of amides is 2. The molecule has 1 aliphatic rings. The molecule has 0 radical (unpaired) electrons. The molecule has 0 heterocycles. The molecule has 1 aromatic rings. The lowest BCUT2D eigenvalue weighted by Crippen LogP contribution is -2.44. The van der Waals surface area contributed by atoms with Crippen LogP contribution in [0.1, 0.15) is 12.8 Å². The maximum absolute atomic E-state index is 13.5. The first-order chi connectivity index (χ1) is 8.97. The van der Waals surface area contributed by atoms with Crippen molar-refractivity contribution in [2.75, 3.05) is 5.32 Å². The number of urea groups is 1. The molecule has 102 valence electrons. The number of hydrogen-bond acceptors (Lipinski definition) is 2. The molecule has 1 unspecified atom stereocenters. The van der Waals surface area contributed by atoms with Gasteiger partial charge in [-0.15, -0.1) is 0 Å². The van der Waals surface area contributed by atoms with Crippen LogP contribution < -0.4 is 10.6 Å². The number of rotatable bonds is 4. The fraction of sp³-hybridized carbons (Fsp3) is 0.333. The number of carboxylic acids is 1. The fourth-order valence-corrected chi connectivity index (χ4v) is 2.03. The molecule has 3 N–H and O–H groups in total. The highest BCUT2D eigenvalue weighted by molar-refractivity contribution is 9.10. The molecule has 19 heavy (non-hydrogen) atoms. The van der Waals surface area contributed by atoms with Gasteiger partial charge in [-0.2, -0.15) is 0 Å². The van der Waals surface area contributed by atoms with Crippen molar-refractivity contribution in [2.45, 2.75) is 18.9 Å². The third kappa shape index (κ3) is 3.66. The zero-order valence-electron chi connectivity index (χ0n) is 9.82. The van der Waals surface area contributed by atoms with Gasteiger partial charge in [0.2, 0.25) is 0 Å². The van der Waals surface area contributed by atoms with Crippen LogP contribution in [0.5, 0.6) is 0 Å². The molecule has 1 aliphatic carbocycles. The van der Waals surface area contributed by atoms with Gasteiger partial charge >= 0.3 is 12.0 Å². The Kier molecular flexibility index (Phi) is 4.04. The van der Waals surface area contributed by atoms with Gasteiger partial charge in [-0.1, -0.05) is 15.9 Å². The van der Waals surface area contributed by atoms with Crippen LogP contribution in [0.3, 0.4) is 0 Å². The standard InChI is InChI=1S/C12H12BrFN2O3/c13-7-3-4-9(8(14)5-7)15-12(19)16-10(11(17)18)6-1-2-6/h3-6,10H,1-2H2,(H,17,18)(H2,15,16,19). The van der Waals surface area contributed by atoms with Gasteiger partial charge in [0.25, 0.3) is 0 Å². The number of anilines is 1. The van der Waals surface area contributed by atoms with Crippen LogP contribution in [0, 0.1) is 11.7 Å². The molecule has 1 saturated carbocycles. The average molecular weight is 331 g/mol. The van der Waals surface area contributed by atoms with Gasteiger partial charge < -0.3 is 15.7 Å². The van der Waals surface area contributed by atoms with Crippen molar-refractivity contribution >= 4 is 33.6 Å². The molecular formula is C12H12BrFN2O3. The first kappa shape index (κ1) is 13.8. The average Bonchev–Trinajstić information content (AvgIpc) is 3.13. The minimum Gasteiger partial charge on any atom is -0.480 e. The van der Waals surface area contributed by atoms with E-state index in [-0.39, 0.29) is 11.6 Å². The molecular weight excluding hydrogens is 319 g/mol. The Bertz CT molecular complexity index is 520. The van der Waals surface area contributed by atoms with Crippen LogP contribution in [0.2, 0.25) is 0 Å². The summed E-state index contributed by atoms with van der Waals surface area (Å²) in [4.78, 5) is 22.6. The van der Waals surface area contributed by atoms with E-state index in [1.54, 1.807) is 6.07 Å². The molecule has 1 aromatic carbocycles. The predicted octanol–water partition coefficient (Wildman–Crippen LogP) is 2.57. The highest BCUT2D eigenvalue weighted by Gasteiger charge is 2.37. The summed E-state index contributed by atoms with van der Waals surface area (Å²) in [5.74, 6) is -1.70. The Morgan fingerprint density at radius 2 is 2.11 bits per heavy atom. The third-order valence-electron chi connectivity index (χ3n) is 2.83. The zero-order valence-corrected chi connectivity index (χ0v) is 11.4. The second-order valence-corrected chi connectivity index (χ2v) is 5.29. The SMILES string of the molecule is O=C(Nc1ccc(Br)cc1F)NC(C(=O)O)C1CC1. The summed E-state index contributed by atoms with van der Waals surface area (Å²) < 4.78 is 14.0. The van der Waals surface area contributed by atoms with Crippen LogP contribution in [0.4, 0.5) is 14.9 Å². The van der Waals surface area contributed by atoms with Crippen LogP contribution in [-0.2, 0) is 4.79 Å². The highest BCUT2D eigenvalue weighted by atomic mass is 79.9. The van der Waals surface area contributed by atoms with E-state index in [2.05, 4.69) is 26.6 Å².